The van der Waals surface area contributed by atoms with Crippen LogP contribution < -0.4 is 0 Å². The van der Waals surface area contributed by atoms with Crippen LogP contribution in [0.2, 0.25) is 5.15 Å². The van der Waals surface area contributed by atoms with E-state index < -0.39 is 10.0 Å². The van der Waals surface area contributed by atoms with Gasteiger partial charge in [-0.2, -0.15) is 4.31 Å². The van der Waals surface area contributed by atoms with Gasteiger partial charge in [0.05, 0.1) is 0 Å². The summed E-state index contributed by atoms with van der Waals surface area (Å²) in [5, 5.41) is 1.83. The average molecular weight is 397 g/mol. The summed E-state index contributed by atoms with van der Waals surface area (Å²) in [7, 11) is -3.43. The van der Waals surface area contributed by atoms with Crippen LogP contribution in [0.5, 0.6) is 0 Å². The van der Waals surface area contributed by atoms with Crippen molar-refractivity contribution in [3.8, 4) is 0 Å². The van der Waals surface area contributed by atoms with Gasteiger partial charge in [0.1, 0.15) is 25.9 Å². The molecular formula is C16H17ClN4O2S2. The largest absolute Gasteiger partial charge is 0.248 e. The summed E-state index contributed by atoms with van der Waals surface area (Å²) in [6, 6.07) is 5.02. The van der Waals surface area contributed by atoms with E-state index in [1.807, 2.05) is 0 Å². The molecule has 2 fully saturated rings. The molecule has 2 aromatic heterocycles. The van der Waals surface area contributed by atoms with Crippen molar-refractivity contribution >= 4 is 33.4 Å². The van der Waals surface area contributed by atoms with Crippen LogP contribution in [0.15, 0.2) is 39.3 Å². The van der Waals surface area contributed by atoms with Crippen LogP contribution in [-0.2, 0) is 10.0 Å². The summed E-state index contributed by atoms with van der Waals surface area (Å²) >= 11 is 7.43. The van der Waals surface area contributed by atoms with Crippen LogP contribution in [0.1, 0.15) is 37.4 Å². The van der Waals surface area contributed by atoms with E-state index in [4.69, 9.17) is 11.6 Å². The molecule has 132 valence electrons. The predicted octanol–water partition coefficient (Wildman–Crippen LogP) is 3.34. The van der Waals surface area contributed by atoms with E-state index >= 15 is 0 Å². The Kier molecular flexibility index (Phi) is 4.70. The summed E-state index contributed by atoms with van der Waals surface area (Å²) < 4.78 is 26.5. The van der Waals surface area contributed by atoms with Crippen LogP contribution in [0, 0.1) is 0 Å². The normalized spacial score (nSPS) is 18.6. The van der Waals surface area contributed by atoms with E-state index in [0.29, 0.717) is 29.2 Å². The highest BCUT2D eigenvalue weighted by Gasteiger charge is 2.28. The second kappa shape index (κ2) is 6.83. The smallest absolute Gasteiger partial charge is 0.244 e. The first-order chi connectivity index (χ1) is 12.0. The highest BCUT2D eigenvalue weighted by Crippen LogP contribution is 2.39. The Morgan fingerprint density at radius 3 is 2.52 bits per heavy atom. The van der Waals surface area contributed by atoms with E-state index in [1.165, 1.54) is 22.3 Å². The quantitative estimate of drug-likeness (QED) is 0.721. The minimum absolute atomic E-state index is 0.234. The van der Waals surface area contributed by atoms with Gasteiger partial charge in [0.25, 0.3) is 0 Å². The zero-order valence-electron chi connectivity index (χ0n) is 13.4. The first-order valence-electron chi connectivity index (χ1n) is 8.21. The molecule has 1 saturated carbocycles. The lowest BCUT2D eigenvalue weighted by Crippen LogP contribution is -2.27. The maximum atomic E-state index is 12.5. The van der Waals surface area contributed by atoms with Gasteiger partial charge >= 0.3 is 0 Å². The van der Waals surface area contributed by atoms with Gasteiger partial charge in [-0.3, -0.25) is 0 Å². The second-order valence-electron chi connectivity index (χ2n) is 6.21. The first kappa shape index (κ1) is 17.2. The Morgan fingerprint density at radius 2 is 1.88 bits per heavy atom. The molecule has 3 heterocycles. The van der Waals surface area contributed by atoms with Crippen LogP contribution in [0.25, 0.3) is 0 Å². The van der Waals surface area contributed by atoms with Crippen molar-refractivity contribution in [2.75, 3.05) is 13.1 Å². The van der Waals surface area contributed by atoms with Crippen molar-refractivity contribution in [3.05, 3.63) is 35.4 Å². The molecule has 2 aromatic rings. The lowest BCUT2D eigenvalue weighted by atomic mass is 10.4. The maximum absolute atomic E-state index is 12.5. The average Bonchev–Trinajstić information content (AvgIpc) is 3.28. The third kappa shape index (κ3) is 3.81. The Hall–Kier alpha value is -1.22. The van der Waals surface area contributed by atoms with Gasteiger partial charge in [0, 0.05) is 31.3 Å². The minimum Gasteiger partial charge on any atom is -0.248 e. The molecule has 0 spiro atoms. The van der Waals surface area contributed by atoms with Gasteiger partial charge in [0.2, 0.25) is 10.0 Å². The molecule has 4 rings (SSSR count). The third-order valence-electron chi connectivity index (χ3n) is 4.25. The van der Waals surface area contributed by atoms with Crippen molar-refractivity contribution in [1.82, 2.24) is 19.3 Å². The molecule has 0 radical (unpaired) electrons. The van der Waals surface area contributed by atoms with Crippen molar-refractivity contribution in [2.45, 2.75) is 46.5 Å². The number of aromatic nitrogens is 3. The molecule has 0 bridgehead atoms. The zero-order valence-corrected chi connectivity index (χ0v) is 15.8. The molecule has 1 aliphatic heterocycles. The van der Waals surface area contributed by atoms with Crippen molar-refractivity contribution < 1.29 is 8.42 Å². The standard InChI is InChI=1S/C16H17ClN4O2S2/c17-13-9-15(20-16(19-13)11-3-4-11)24-14-6-5-12(10-18-14)25(22,23)21-7-1-2-8-21/h5-6,9-11H,1-4,7-8H2. The van der Waals surface area contributed by atoms with Gasteiger partial charge in [-0.15, -0.1) is 0 Å². The topological polar surface area (TPSA) is 76.0 Å². The molecule has 1 saturated heterocycles. The Bertz CT molecular complexity index is 880. The number of rotatable bonds is 5. The number of sulfonamides is 1. The van der Waals surface area contributed by atoms with Gasteiger partial charge in [-0.25, -0.2) is 23.4 Å². The SMILES string of the molecule is O=S(=O)(c1ccc(Sc2cc(Cl)nc(C3CC3)n2)nc1)N1CCCC1. The number of pyridine rings is 1. The summed E-state index contributed by atoms with van der Waals surface area (Å²) in [4.78, 5) is 13.3. The van der Waals surface area contributed by atoms with Gasteiger partial charge < -0.3 is 0 Å². The highest BCUT2D eigenvalue weighted by molar-refractivity contribution is 7.99. The lowest BCUT2D eigenvalue weighted by Gasteiger charge is -2.15. The van der Waals surface area contributed by atoms with E-state index in [9.17, 15) is 8.42 Å². The van der Waals surface area contributed by atoms with Crippen LogP contribution >= 0.6 is 23.4 Å². The fourth-order valence-corrected chi connectivity index (χ4v) is 5.24. The molecule has 0 atom stereocenters. The number of nitrogens with zero attached hydrogens (tertiary/aromatic N) is 4. The molecule has 2 aliphatic rings. The fraction of sp³-hybridized carbons (Fsp3) is 0.438. The van der Waals surface area contributed by atoms with E-state index in [2.05, 4.69) is 15.0 Å². The molecular weight excluding hydrogens is 380 g/mol. The molecule has 1 aliphatic carbocycles. The van der Waals surface area contributed by atoms with Gasteiger partial charge in [-0.1, -0.05) is 11.6 Å². The molecule has 6 nitrogen and oxygen atoms in total. The number of hydrogen-bond acceptors (Lipinski definition) is 6. The maximum Gasteiger partial charge on any atom is 0.244 e. The third-order valence-corrected chi connectivity index (χ3v) is 7.20. The van der Waals surface area contributed by atoms with E-state index in [0.717, 1.165) is 36.5 Å². The zero-order chi connectivity index (χ0) is 17.4. The molecule has 25 heavy (non-hydrogen) atoms. The Balaban J connectivity index is 1.53. The summed E-state index contributed by atoms with van der Waals surface area (Å²) in [6.45, 7) is 1.17. The molecule has 0 unspecified atom stereocenters. The number of halogens is 1. The van der Waals surface area contributed by atoms with Crippen molar-refractivity contribution in [2.24, 2.45) is 0 Å². The summed E-state index contributed by atoms with van der Waals surface area (Å²) in [5.41, 5.74) is 0. The molecule has 0 aromatic carbocycles. The first-order valence-corrected chi connectivity index (χ1v) is 10.8. The Morgan fingerprint density at radius 1 is 1.12 bits per heavy atom. The number of hydrogen-bond donors (Lipinski definition) is 0. The Labute approximate surface area is 156 Å². The molecule has 0 N–H and O–H groups in total. The van der Waals surface area contributed by atoms with E-state index in [-0.39, 0.29) is 4.90 Å². The van der Waals surface area contributed by atoms with Gasteiger partial charge in [-0.05, 0) is 49.6 Å². The second-order valence-corrected chi connectivity index (χ2v) is 9.57. The van der Waals surface area contributed by atoms with Crippen molar-refractivity contribution in [3.63, 3.8) is 0 Å². The summed E-state index contributed by atoms with van der Waals surface area (Å²) in [5.74, 6) is 1.20. The van der Waals surface area contributed by atoms with Crippen molar-refractivity contribution in [1.29, 1.82) is 0 Å². The monoisotopic (exact) mass is 396 g/mol. The van der Waals surface area contributed by atoms with E-state index in [1.54, 1.807) is 18.2 Å². The minimum atomic E-state index is -3.43. The molecule has 0 amide bonds. The van der Waals surface area contributed by atoms with Crippen LogP contribution in [0.3, 0.4) is 0 Å². The summed E-state index contributed by atoms with van der Waals surface area (Å²) in [6.07, 6.45) is 5.45. The van der Waals surface area contributed by atoms with Gasteiger partial charge in [0.15, 0.2) is 0 Å². The lowest BCUT2D eigenvalue weighted by molar-refractivity contribution is 0.477. The highest BCUT2D eigenvalue weighted by atomic mass is 35.5. The molecule has 9 heteroatoms. The predicted molar refractivity (Wildman–Crippen MR) is 95.4 cm³/mol. The van der Waals surface area contributed by atoms with Crippen LogP contribution in [0.4, 0.5) is 0 Å². The van der Waals surface area contributed by atoms with Crippen LogP contribution in [-0.4, -0.2) is 40.8 Å². The fourth-order valence-electron chi connectivity index (χ4n) is 2.75.